The number of nitrogens with zero attached hydrogens (tertiary/aromatic N) is 1. The fourth-order valence-electron chi connectivity index (χ4n) is 2.08. The van der Waals surface area contributed by atoms with Gasteiger partial charge in [0.15, 0.2) is 6.10 Å². The molecule has 0 spiro atoms. The number of carbonyl (C=O) groups excluding carboxylic acids is 2. The molecule has 6 heteroatoms. The lowest BCUT2D eigenvalue weighted by molar-refractivity contribution is -0.148. The van der Waals surface area contributed by atoms with Gasteiger partial charge in [0.05, 0.1) is 24.4 Å². The van der Waals surface area contributed by atoms with Crippen LogP contribution >= 0.6 is 0 Å². The van der Waals surface area contributed by atoms with E-state index in [0.29, 0.717) is 17.0 Å². The molecule has 1 atom stereocenters. The third-order valence-electron chi connectivity index (χ3n) is 3.48. The number of hydrogen-bond acceptors (Lipinski definition) is 5. The predicted molar refractivity (Wildman–Crippen MR) is 97.4 cm³/mol. The second kappa shape index (κ2) is 9.04. The third-order valence-corrected chi connectivity index (χ3v) is 3.48. The molecular weight excluding hydrogens is 332 g/mol. The Morgan fingerprint density at radius 1 is 1.15 bits per heavy atom. The van der Waals surface area contributed by atoms with Crippen molar-refractivity contribution in [2.75, 3.05) is 12.4 Å². The Balaban J connectivity index is 1.92. The van der Waals surface area contributed by atoms with Crippen LogP contribution in [0.25, 0.3) is 6.08 Å². The van der Waals surface area contributed by atoms with Crippen LogP contribution in [-0.2, 0) is 14.3 Å². The van der Waals surface area contributed by atoms with Gasteiger partial charge in [-0.25, -0.2) is 4.79 Å². The van der Waals surface area contributed by atoms with Crippen molar-refractivity contribution in [1.29, 1.82) is 5.26 Å². The highest BCUT2D eigenvalue weighted by Crippen LogP contribution is 2.23. The van der Waals surface area contributed by atoms with Crippen molar-refractivity contribution in [3.05, 3.63) is 65.7 Å². The van der Waals surface area contributed by atoms with Gasteiger partial charge < -0.3 is 14.8 Å². The molecule has 1 N–H and O–H groups in total. The van der Waals surface area contributed by atoms with Gasteiger partial charge in [-0.2, -0.15) is 5.26 Å². The average Bonchev–Trinajstić information content (AvgIpc) is 2.67. The molecule has 0 aromatic heterocycles. The van der Waals surface area contributed by atoms with Crippen LogP contribution in [-0.4, -0.2) is 25.1 Å². The number of carbonyl (C=O) groups is 2. The number of nitriles is 1. The van der Waals surface area contributed by atoms with E-state index in [9.17, 15) is 9.59 Å². The molecule has 2 rings (SSSR count). The molecule has 6 nitrogen and oxygen atoms in total. The highest BCUT2D eigenvalue weighted by Gasteiger charge is 2.18. The lowest BCUT2D eigenvalue weighted by atomic mass is 10.1. The molecule has 1 amide bonds. The summed E-state index contributed by atoms with van der Waals surface area (Å²) in [5, 5.41) is 11.4. The van der Waals surface area contributed by atoms with Gasteiger partial charge in [-0.05, 0) is 42.8 Å². The molecule has 26 heavy (non-hydrogen) atoms. The number of anilines is 1. The van der Waals surface area contributed by atoms with Gasteiger partial charge in [-0.1, -0.05) is 24.3 Å². The molecule has 0 saturated carbocycles. The molecule has 0 aliphatic carbocycles. The summed E-state index contributed by atoms with van der Waals surface area (Å²) in [6.45, 7) is 1.48. The minimum atomic E-state index is -0.974. The summed E-state index contributed by atoms with van der Waals surface area (Å²) in [6, 6.07) is 15.7. The summed E-state index contributed by atoms with van der Waals surface area (Å²) in [5.74, 6) is -0.591. The van der Waals surface area contributed by atoms with E-state index in [4.69, 9.17) is 14.7 Å². The highest BCUT2D eigenvalue weighted by molar-refractivity contribution is 5.97. The van der Waals surface area contributed by atoms with Crippen LogP contribution in [0.1, 0.15) is 18.1 Å². The molecule has 2 aromatic rings. The Morgan fingerprint density at radius 2 is 1.85 bits per heavy atom. The van der Waals surface area contributed by atoms with E-state index in [2.05, 4.69) is 5.32 Å². The lowest BCUT2D eigenvalue weighted by Gasteiger charge is -2.14. The van der Waals surface area contributed by atoms with Gasteiger partial charge >= 0.3 is 5.97 Å². The van der Waals surface area contributed by atoms with Crippen LogP contribution in [0.2, 0.25) is 0 Å². The highest BCUT2D eigenvalue weighted by atomic mass is 16.5. The summed E-state index contributed by atoms with van der Waals surface area (Å²) < 4.78 is 10.3. The number of hydrogen-bond donors (Lipinski definition) is 1. The van der Waals surface area contributed by atoms with E-state index < -0.39 is 18.0 Å². The fraction of sp³-hybridized carbons (Fsp3) is 0.150. The maximum atomic E-state index is 12.2. The molecule has 0 aliphatic rings. The number of amides is 1. The minimum absolute atomic E-state index is 0.463. The number of para-hydroxylation sites is 2. The molecule has 0 aliphatic heterocycles. The van der Waals surface area contributed by atoms with E-state index in [-0.39, 0.29) is 0 Å². The van der Waals surface area contributed by atoms with Gasteiger partial charge in [-0.3, -0.25) is 4.79 Å². The first-order chi connectivity index (χ1) is 12.5. The quantitative estimate of drug-likeness (QED) is 0.639. The number of esters is 1. The zero-order valence-corrected chi connectivity index (χ0v) is 14.4. The monoisotopic (exact) mass is 350 g/mol. The van der Waals surface area contributed by atoms with Crippen LogP contribution in [0.3, 0.4) is 0 Å². The molecule has 132 valence electrons. The summed E-state index contributed by atoms with van der Waals surface area (Å²) in [7, 11) is 1.50. The zero-order valence-electron chi connectivity index (χ0n) is 14.4. The van der Waals surface area contributed by atoms with Crippen molar-refractivity contribution in [3.63, 3.8) is 0 Å². The van der Waals surface area contributed by atoms with Crippen LogP contribution < -0.4 is 10.1 Å². The van der Waals surface area contributed by atoms with E-state index in [1.165, 1.54) is 20.1 Å². The number of methoxy groups -OCH3 is 1. The number of ether oxygens (including phenoxy) is 2. The van der Waals surface area contributed by atoms with Crippen molar-refractivity contribution < 1.29 is 19.1 Å². The second-order valence-electron chi connectivity index (χ2n) is 5.34. The molecular formula is C20H18N2O4. The van der Waals surface area contributed by atoms with Crippen LogP contribution in [0.15, 0.2) is 54.6 Å². The summed E-state index contributed by atoms with van der Waals surface area (Å²) in [6.07, 6.45) is 1.81. The Morgan fingerprint density at radius 3 is 2.50 bits per heavy atom. The van der Waals surface area contributed by atoms with Crippen molar-refractivity contribution >= 4 is 23.6 Å². The van der Waals surface area contributed by atoms with Crippen molar-refractivity contribution in [3.8, 4) is 11.8 Å². The SMILES string of the molecule is COc1ccccc1NC(=O)[C@@H](C)OC(=O)/C=C/c1ccc(C#N)cc1. The second-order valence-corrected chi connectivity index (χ2v) is 5.34. The van der Waals surface area contributed by atoms with E-state index in [0.717, 1.165) is 5.56 Å². The van der Waals surface area contributed by atoms with Gasteiger partial charge in [0.2, 0.25) is 0 Å². The van der Waals surface area contributed by atoms with Crippen LogP contribution in [0, 0.1) is 11.3 Å². The largest absolute Gasteiger partial charge is 0.495 e. The van der Waals surface area contributed by atoms with Gasteiger partial charge in [-0.15, -0.1) is 0 Å². The lowest BCUT2D eigenvalue weighted by Crippen LogP contribution is -2.29. The van der Waals surface area contributed by atoms with Gasteiger partial charge in [0.25, 0.3) is 5.91 Å². The summed E-state index contributed by atoms with van der Waals surface area (Å²) in [5.41, 5.74) is 1.77. The minimum Gasteiger partial charge on any atom is -0.495 e. The molecule has 0 radical (unpaired) electrons. The standard InChI is InChI=1S/C20H18N2O4/c1-14(20(24)22-17-5-3-4-6-18(17)25-2)26-19(23)12-11-15-7-9-16(13-21)10-8-15/h3-12,14H,1-2H3,(H,22,24)/b12-11+/t14-/m1/s1. The van der Waals surface area contributed by atoms with E-state index in [1.54, 1.807) is 54.6 Å². The first kappa shape index (κ1) is 18.7. The molecule has 2 aromatic carbocycles. The Hall–Kier alpha value is -3.59. The van der Waals surface area contributed by atoms with Crippen molar-refractivity contribution in [2.24, 2.45) is 0 Å². The maximum Gasteiger partial charge on any atom is 0.331 e. The smallest absolute Gasteiger partial charge is 0.331 e. The zero-order chi connectivity index (χ0) is 18.9. The average molecular weight is 350 g/mol. The van der Waals surface area contributed by atoms with Gasteiger partial charge in [0.1, 0.15) is 5.75 Å². The number of nitrogens with one attached hydrogen (secondary N) is 1. The van der Waals surface area contributed by atoms with Gasteiger partial charge in [0, 0.05) is 6.08 Å². The van der Waals surface area contributed by atoms with E-state index in [1.807, 2.05) is 6.07 Å². The Bertz CT molecular complexity index is 851. The molecule has 0 saturated heterocycles. The molecule has 0 heterocycles. The number of benzene rings is 2. The fourth-order valence-corrected chi connectivity index (χ4v) is 2.08. The molecule has 0 unspecified atom stereocenters. The first-order valence-electron chi connectivity index (χ1n) is 7.86. The summed E-state index contributed by atoms with van der Waals surface area (Å²) in [4.78, 5) is 24.0. The van der Waals surface area contributed by atoms with Crippen molar-refractivity contribution in [1.82, 2.24) is 0 Å². The van der Waals surface area contributed by atoms with Crippen LogP contribution in [0.5, 0.6) is 5.75 Å². The van der Waals surface area contributed by atoms with Crippen LogP contribution in [0.4, 0.5) is 5.69 Å². The number of rotatable bonds is 6. The molecule has 0 bridgehead atoms. The Labute approximate surface area is 151 Å². The maximum absolute atomic E-state index is 12.2. The topological polar surface area (TPSA) is 88.4 Å². The Kier molecular flexibility index (Phi) is 6.52. The predicted octanol–water partition coefficient (Wildman–Crippen LogP) is 3.15. The summed E-state index contributed by atoms with van der Waals surface area (Å²) >= 11 is 0. The van der Waals surface area contributed by atoms with E-state index >= 15 is 0 Å². The third kappa shape index (κ3) is 5.21. The normalized spacial score (nSPS) is 11.4. The first-order valence-corrected chi connectivity index (χ1v) is 7.86. The van der Waals surface area contributed by atoms with Crippen molar-refractivity contribution in [2.45, 2.75) is 13.0 Å². The molecule has 0 fully saturated rings.